The molecule has 184 valence electrons. The number of sulfonamides is 1. The van der Waals surface area contributed by atoms with E-state index in [0.29, 0.717) is 18.9 Å². The summed E-state index contributed by atoms with van der Waals surface area (Å²) in [7, 11) is -2.11. The lowest BCUT2D eigenvalue weighted by Gasteiger charge is -2.37. The molecule has 3 atom stereocenters. The normalized spacial score (nSPS) is 23.2. The molecule has 34 heavy (non-hydrogen) atoms. The molecule has 0 bridgehead atoms. The van der Waals surface area contributed by atoms with Crippen LogP contribution in [0.25, 0.3) is 11.1 Å². The maximum atomic E-state index is 13.6. The van der Waals surface area contributed by atoms with Crippen molar-refractivity contribution >= 4 is 15.9 Å². The molecule has 7 nitrogen and oxygen atoms in total. The van der Waals surface area contributed by atoms with E-state index in [-0.39, 0.29) is 35.6 Å². The lowest BCUT2D eigenvalue weighted by molar-refractivity contribution is -0.131. The van der Waals surface area contributed by atoms with Crippen molar-refractivity contribution in [1.82, 2.24) is 9.21 Å². The van der Waals surface area contributed by atoms with Gasteiger partial charge in [0.05, 0.1) is 13.2 Å². The van der Waals surface area contributed by atoms with Gasteiger partial charge in [-0.3, -0.25) is 4.79 Å². The highest BCUT2D eigenvalue weighted by Gasteiger charge is 2.38. The molecule has 8 heteroatoms. The summed E-state index contributed by atoms with van der Waals surface area (Å²) in [5, 5.41) is 9.79. The van der Waals surface area contributed by atoms with Crippen molar-refractivity contribution in [2.45, 2.75) is 50.2 Å². The van der Waals surface area contributed by atoms with Gasteiger partial charge in [-0.05, 0) is 48.9 Å². The molecule has 1 saturated carbocycles. The standard InChI is InChI=1S/C26H34N2O5S/c1-18-15-28(19(2)17-29)34(31,32)25-12-11-22(21-7-5-4-6-8-21)14-23(25)33-24(18)16-27(3)26(30)13-20-9-10-20/h4-8,11-12,14,18-20,24,29H,9-10,13,15-17H2,1-3H3/t18-,19-,24+/m1/s1. The number of aliphatic hydroxyl groups excluding tert-OH is 1. The summed E-state index contributed by atoms with van der Waals surface area (Å²) in [4.78, 5) is 14.4. The van der Waals surface area contributed by atoms with Crippen molar-refractivity contribution in [3.63, 3.8) is 0 Å². The monoisotopic (exact) mass is 486 g/mol. The van der Waals surface area contributed by atoms with E-state index in [2.05, 4.69) is 0 Å². The third-order valence-electron chi connectivity index (χ3n) is 6.81. The van der Waals surface area contributed by atoms with Crippen molar-refractivity contribution < 1.29 is 23.1 Å². The Kier molecular flexibility index (Phi) is 7.31. The van der Waals surface area contributed by atoms with E-state index in [1.165, 1.54) is 4.31 Å². The Bertz CT molecular complexity index is 1120. The molecule has 2 aromatic rings. The number of nitrogens with zero attached hydrogens (tertiary/aromatic N) is 2. The van der Waals surface area contributed by atoms with Crippen LogP contribution in [-0.2, 0) is 14.8 Å². The molecule has 0 saturated heterocycles. The Morgan fingerprint density at radius 2 is 1.88 bits per heavy atom. The Balaban J connectivity index is 1.72. The van der Waals surface area contributed by atoms with Gasteiger partial charge in [0.1, 0.15) is 16.7 Å². The molecule has 0 radical (unpaired) electrons. The van der Waals surface area contributed by atoms with E-state index < -0.39 is 22.2 Å². The topological polar surface area (TPSA) is 87.2 Å². The summed E-state index contributed by atoms with van der Waals surface area (Å²) in [5.74, 6) is 0.655. The fourth-order valence-corrected chi connectivity index (χ4v) is 6.18. The van der Waals surface area contributed by atoms with E-state index in [1.54, 1.807) is 37.1 Å². The van der Waals surface area contributed by atoms with Crippen LogP contribution in [0.4, 0.5) is 0 Å². The number of likely N-dealkylation sites (N-methyl/N-ethyl adjacent to an activating group) is 1. The van der Waals surface area contributed by atoms with Crippen LogP contribution in [0.2, 0.25) is 0 Å². The predicted octanol–water partition coefficient (Wildman–Crippen LogP) is 3.38. The van der Waals surface area contributed by atoms with E-state index >= 15 is 0 Å². The third-order valence-corrected chi connectivity index (χ3v) is 8.83. The predicted molar refractivity (Wildman–Crippen MR) is 131 cm³/mol. The molecule has 1 aliphatic carbocycles. The summed E-state index contributed by atoms with van der Waals surface area (Å²) in [6.45, 7) is 3.91. The van der Waals surface area contributed by atoms with Crippen LogP contribution in [0.3, 0.4) is 0 Å². The van der Waals surface area contributed by atoms with Crippen LogP contribution < -0.4 is 4.74 Å². The SMILES string of the molecule is C[C@@H]1CN([C@H](C)CO)S(=O)(=O)c2ccc(-c3ccccc3)cc2O[C@H]1CN(C)C(=O)CC1CC1. The molecular formula is C26H34N2O5S. The highest BCUT2D eigenvalue weighted by Crippen LogP contribution is 2.37. The van der Waals surface area contributed by atoms with E-state index in [4.69, 9.17) is 4.74 Å². The zero-order valence-corrected chi connectivity index (χ0v) is 20.9. The number of rotatable bonds is 7. The maximum absolute atomic E-state index is 13.6. The fourth-order valence-electron chi connectivity index (χ4n) is 4.35. The number of carbonyl (C=O) groups excluding carboxylic acids is 1. The number of hydrogen-bond donors (Lipinski definition) is 1. The van der Waals surface area contributed by atoms with Crippen LogP contribution >= 0.6 is 0 Å². The number of amides is 1. The highest BCUT2D eigenvalue weighted by atomic mass is 32.2. The van der Waals surface area contributed by atoms with Gasteiger partial charge in [-0.15, -0.1) is 0 Å². The summed E-state index contributed by atoms with van der Waals surface area (Å²) < 4.78 is 35.0. The number of aliphatic hydroxyl groups is 1. The number of fused-ring (bicyclic) bond motifs is 1. The van der Waals surface area contributed by atoms with Gasteiger partial charge in [0.15, 0.2) is 0 Å². The van der Waals surface area contributed by atoms with Crippen LogP contribution in [0.1, 0.15) is 33.1 Å². The molecule has 0 unspecified atom stereocenters. The van der Waals surface area contributed by atoms with Crippen LogP contribution in [-0.4, -0.2) is 67.5 Å². The minimum Gasteiger partial charge on any atom is -0.487 e. The lowest BCUT2D eigenvalue weighted by atomic mass is 10.0. The van der Waals surface area contributed by atoms with Gasteiger partial charge in [-0.2, -0.15) is 4.31 Å². The first-order chi connectivity index (χ1) is 16.2. The zero-order chi connectivity index (χ0) is 24.5. The van der Waals surface area contributed by atoms with Crippen LogP contribution in [0.15, 0.2) is 53.4 Å². The second-order valence-electron chi connectivity index (χ2n) is 9.69. The van der Waals surface area contributed by atoms with Crippen molar-refractivity contribution in [2.75, 3.05) is 26.7 Å². The highest BCUT2D eigenvalue weighted by molar-refractivity contribution is 7.89. The van der Waals surface area contributed by atoms with Crippen LogP contribution in [0.5, 0.6) is 5.75 Å². The van der Waals surface area contributed by atoms with Crippen LogP contribution in [0, 0.1) is 11.8 Å². The summed E-state index contributed by atoms with van der Waals surface area (Å²) in [5.41, 5.74) is 1.80. The first-order valence-electron chi connectivity index (χ1n) is 11.9. The third kappa shape index (κ3) is 5.29. The Hall–Kier alpha value is -2.42. The lowest BCUT2D eigenvalue weighted by Crippen LogP contribution is -2.50. The van der Waals surface area contributed by atoms with Crippen molar-refractivity contribution in [3.8, 4) is 16.9 Å². The second-order valence-corrected chi connectivity index (χ2v) is 11.5. The van der Waals surface area contributed by atoms with E-state index in [1.807, 2.05) is 37.3 Å². The first kappa shape index (κ1) is 24.7. The Morgan fingerprint density at radius 1 is 1.18 bits per heavy atom. The molecule has 2 aromatic carbocycles. The largest absolute Gasteiger partial charge is 0.487 e. The minimum absolute atomic E-state index is 0.0799. The van der Waals surface area contributed by atoms with Crippen molar-refractivity contribution in [1.29, 1.82) is 0 Å². The van der Waals surface area contributed by atoms with Gasteiger partial charge in [0.2, 0.25) is 15.9 Å². The number of hydrogen-bond acceptors (Lipinski definition) is 5. The molecule has 4 rings (SSSR count). The number of carbonyl (C=O) groups is 1. The molecule has 2 aliphatic rings. The molecule has 1 heterocycles. The smallest absolute Gasteiger partial charge is 0.247 e. The van der Waals surface area contributed by atoms with E-state index in [0.717, 1.165) is 24.0 Å². The average Bonchev–Trinajstić information content (AvgIpc) is 3.65. The summed E-state index contributed by atoms with van der Waals surface area (Å²) in [6, 6.07) is 14.3. The van der Waals surface area contributed by atoms with Gasteiger partial charge < -0.3 is 14.7 Å². The van der Waals surface area contributed by atoms with E-state index in [9.17, 15) is 18.3 Å². The zero-order valence-electron chi connectivity index (χ0n) is 20.1. The minimum atomic E-state index is -3.89. The average molecular weight is 487 g/mol. The van der Waals surface area contributed by atoms with Gasteiger partial charge >= 0.3 is 0 Å². The van der Waals surface area contributed by atoms with Gasteiger partial charge in [0, 0.05) is 32.0 Å². The maximum Gasteiger partial charge on any atom is 0.247 e. The van der Waals surface area contributed by atoms with Gasteiger partial charge in [0.25, 0.3) is 0 Å². The molecule has 1 fully saturated rings. The quantitative estimate of drug-likeness (QED) is 0.648. The molecule has 0 aromatic heterocycles. The van der Waals surface area contributed by atoms with Crippen molar-refractivity contribution in [2.24, 2.45) is 11.8 Å². The fraction of sp³-hybridized carbons (Fsp3) is 0.500. The molecule has 1 aliphatic heterocycles. The number of benzene rings is 2. The molecule has 1 amide bonds. The van der Waals surface area contributed by atoms with Crippen molar-refractivity contribution in [3.05, 3.63) is 48.5 Å². The molecular weight excluding hydrogens is 452 g/mol. The Morgan fingerprint density at radius 3 is 2.53 bits per heavy atom. The van der Waals surface area contributed by atoms with Gasteiger partial charge in [-0.25, -0.2) is 8.42 Å². The van der Waals surface area contributed by atoms with Gasteiger partial charge in [-0.1, -0.05) is 43.3 Å². The molecule has 1 N–H and O–H groups in total. The second kappa shape index (κ2) is 10.1. The molecule has 0 spiro atoms. The summed E-state index contributed by atoms with van der Waals surface area (Å²) >= 11 is 0. The Labute approximate surface area is 202 Å². The number of ether oxygens (including phenoxy) is 1. The summed E-state index contributed by atoms with van der Waals surface area (Å²) in [6.07, 6.45) is 2.37. The first-order valence-corrected chi connectivity index (χ1v) is 13.4.